The summed E-state index contributed by atoms with van der Waals surface area (Å²) in [7, 11) is 0. The molecule has 3 atom stereocenters. The van der Waals surface area contributed by atoms with Crippen molar-refractivity contribution >= 4 is 23.9 Å². The Bertz CT molecular complexity index is 1080. The van der Waals surface area contributed by atoms with Gasteiger partial charge >= 0.3 is 5.97 Å². The molecule has 2 amide bonds. The van der Waals surface area contributed by atoms with Crippen LogP contribution < -0.4 is 10.1 Å². The zero-order valence-electron chi connectivity index (χ0n) is 21.4. The lowest BCUT2D eigenvalue weighted by atomic mass is 10.0. The average molecular weight is 506 g/mol. The van der Waals surface area contributed by atoms with Gasteiger partial charge in [-0.05, 0) is 30.0 Å². The normalized spacial score (nSPS) is 20.6. The minimum atomic E-state index is -0.956. The van der Waals surface area contributed by atoms with E-state index in [2.05, 4.69) is 34.5 Å². The smallest absolute Gasteiger partial charge is 0.344 e. The molecule has 8 heteroatoms. The van der Waals surface area contributed by atoms with Gasteiger partial charge in [0.05, 0.1) is 0 Å². The van der Waals surface area contributed by atoms with Gasteiger partial charge in [0, 0.05) is 32.7 Å². The first-order valence-corrected chi connectivity index (χ1v) is 12.9. The Hall–Kier alpha value is -3.49. The zero-order valence-corrected chi connectivity index (χ0v) is 21.4. The second-order valence-corrected chi connectivity index (χ2v) is 9.84. The van der Waals surface area contributed by atoms with Crippen LogP contribution in [0.3, 0.4) is 0 Å². The Labute approximate surface area is 218 Å². The fourth-order valence-electron chi connectivity index (χ4n) is 4.37. The van der Waals surface area contributed by atoms with Gasteiger partial charge in [-0.25, -0.2) is 4.79 Å². The highest BCUT2D eigenvalue weighted by molar-refractivity contribution is 5.96. The van der Waals surface area contributed by atoms with Crippen molar-refractivity contribution in [2.24, 2.45) is 5.92 Å². The molecule has 2 aliphatic rings. The number of piperazine rings is 1. The summed E-state index contributed by atoms with van der Waals surface area (Å²) in [5, 5.41) is 2.83. The van der Waals surface area contributed by atoms with Crippen LogP contribution in [-0.4, -0.2) is 78.6 Å². The molecule has 4 rings (SSSR count). The van der Waals surface area contributed by atoms with Crippen LogP contribution in [0.5, 0.6) is 5.75 Å². The van der Waals surface area contributed by atoms with Gasteiger partial charge in [-0.1, -0.05) is 74.5 Å². The van der Waals surface area contributed by atoms with Gasteiger partial charge in [-0.2, -0.15) is 0 Å². The fraction of sp³-hybridized carbons (Fsp3) is 0.414. The maximum Gasteiger partial charge on any atom is 0.344 e. The maximum absolute atomic E-state index is 13.3. The lowest BCUT2D eigenvalue weighted by Gasteiger charge is -2.36. The lowest BCUT2D eigenvalue weighted by Crippen LogP contribution is -2.55. The van der Waals surface area contributed by atoms with Gasteiger partial charge in [0.1, 0.15) is 11.8 Å². The van der Waals surface area contributed by atoms with Crippen molar-refractivity contribution in [3.8, 4) is 5.75 Å². The van der Waals surface area contributed by atoms with Crippen LogP contribution in [0.2, 0.25) is 0 Å². The number of rotatable bonds is 10. The van der Waals surface area contributed by atoms with E-state index in [1.165, 1.54) is 5.56 Å². The van der Waals surface area contributed by atoms with Crippen LogP contribution in [0.4, 0.5) is 0 Å². The summed E-state index contributed by atoms with van der Waals surface area (Å²) in [6, 6.07) is 18.1. The third-order valence-corrected chi connectivity index (χ3v) is 6.42. The molecule has 8 nitrogen and oxygen atoms in total. The summed E-state index contributed by atoms with van der Waals surface area (Å²) < 4.78 is 10.6. The largest absolute Gasteiger partial charge is 0.425 e. The SMILES string of the molecule is CC(C)C[C@H](NC(=O)[C@@H]1O[C@H]1C(=O)Oc1ccccc1)C(=O)N1CCN(CC=Cc2ccccc2)CC1. The molecule has 37 heavy (non-hydrogen) atoms. The molecule has 196 valence electrons. The van der Waals surface area contributed by atoms with Gasteiger partial charge in [0.25, 0.3) is 5.91 Å². The van der Waals surface area contributed by atoms with Crippen LogP contribution >= 0.6 is 0 Å². The summed E-state index contributed by atoms with van der Waals surface area (Å²) >= 11 is 0. The Kier molecular flexibility index (Phi) is 9.09. The molecule has 0 aliphatic carbocycles. The predicted octanol–water partition coefficient (Wildman–Crippen LogP) is 2.75. The molecule has 2 fully saturated rings. The highest BCUT2D eigenvalue weighted by Gasteiger charge is 2.52. The minimum Gasteiger partial charge on any atom is -0.425 e. The number of hydrogen-bond acceptors (Lipinski definition) is 6. The van der Waals surface area contributed by atoms with Crippen molar-refractivity contribution in [2.45, 2.75) is 38.5 Å². The van der Waals surface area contributed by atoms with Gasteiger partial charge in [0.15, 0.2) is 12.2 Å². The summed E-state index contributed by atoms with van der Waals surface area (Å²) in [5.41, 5.74) is 1.17. The number of esters is 1. The maximum atomic E-state index is 13.3. The van der Waals surface area contributed by atoms with E-state index in [4.69, 9.17) is 9.47 Å². The van der Waals surface area contributed by atoms with Crippen LogP contribution in [0.25, 0.3) is 6.08 Å². The van der Waals surface area contributed by atoms with Crippen LogP contribution in [0.1, 0.15) is 25.8 Å². The van der Waals surface area contributed by atoms with Gasteiger partial charge in [-0.15, -0.1) is 0 Å². The Balaban J connectivity index is 1.25. The fourth-order valence-corrected chi connectivity index (χ4v) is 4.37. The molecule has 0 aromatic heterocycles. The number of benzene rings is 2. The molecule has 2 aliphatic heterocycles. The zero-order chi connectivity index (χ0) is 26.2. The Morgan fingerprint density at radius 1 is 0.973 bits per heavy atom. The first kappa shape index (κ1) is 26.6. The van der Waals surface area contributed by atoms with Crippen molar-refractivity contribution in [2.75, 3.05) is 32.7 Å². The van der Waals surface area contributed by atoms with E-state index in [1.54, 1.807) is 24.3 Å². The highest BCUT2D eigenvalue weighted by Crippen LogP contribution is 2.25. The number of amides is 2. The summed E-state index contributed by atoms with van der Waals surface area (Å²) in [5.74, 6) is -0.567. The van der Waals surface area contributed by atoms with Crippen molar-refractivity contribution < 1.29 is 23.9 Å². The van der Waals surface area contributed by atoms with E-state index in [0.29, 0.717) is 25.3 Å². The number of carbonyl (C=O) groups is 3. The number of para-hydroxylation sites is 1. The molecule has 2 aromatic carbocycles. The van der Waals surface area contributed by atoms with Crippen molar-refractivity contribution in [1.29, 1.82) is 0 Å². The summed E-state index contributed by atoms with van der Waals surface area (Å²) in [6.45, 7) is 7.60. The molecule has 1 N–H and O–H groups in total. The molecule has 0 spiro atoms. The molecular weight excluding hydrogens is 470 g/mol. The molecule has 0 saturated carbocycles. The lowest BCUT2D eigenvalue weighted by molar-refractivity contribution is -0.138. The third-order valence-electron chi connectivity index (χ3n) is 6.42. The molecule has 2 aromatic rings. The van der Waals surface area contributed by atoms with E-state index < -0.39 is 30.1 Å². The third kappa shape index (κ3) is 7.74. The molecule has 2 saturated heterocycles. The molecule has 2 heterocycles. The number of nitrogens with one attached hydrogen (secondary N) is 1. The first-order chi connectivity index (χ1) is 17.9. The Morgan fingerprint density at radius 3 is 2.27 bits per heavy atom. The first-order valence-electron chi connectivity index (χ1n) is 12.9. The van der Waals surface area contributed by atoms with E-state index in [0.717, 1.165) is 19.6 Å². The monoisotopic (exact) mass is 505 g/mol. The number of hydrogen-bond donors (Lipinski definition) is 1. The summed E-state index contributed by atoms with van der Waals surface area (Å²) in [6.07, 6.45) is 2.86. The molecule has 0 bridgehead atoms. The van der Waals surface area contributed by atoms with E-state index in [-0.39, 0.29) is 11.8 Å². The van der Waals surface area contributed by atoms with E-state index in [1.807, 2.05) is 43.0 Å². The topological polar surface area (TPSA) is 91.5 Å². The standard InChI is InChI=1S/C29H35N3O5/c1-21(2)20-24(30-27(33)25-26(37-25)29(35)36-23-13-7-4-8-14-23)28(34)32-18-16-31(17-19-32)15-9-12-22-10-5-3-6-11-22/h3-14,21,24-26H,15-20H2,1-2H3,(H,30,33)/t24-,25+,26+/m0/s1. The van der Waals surface area contributed by atoms with Gasteiger partial charge < -0.3 is 19.7 Å². The number of epoxide rings is 1. The van der Waals surface area contributed by atoms with Gasteiger partial charge in [0.2, 0.25) is 5.91 Å². The van der Waals surface area contributed by atoms with E-state index in [9.17, 15) is 14.4 Å². The van der Waals surface area contributed by atoms with Gasteiger partial charge in [-0.3, -0.25) is 14.5 Å². The van der Waals surface area contributed by atoms with Crippen molar-refractivity contribution in [3.63, 3.8) is 0 Å². The number of nitrogens with zero attached hydrogens (tertiary/aromatic N) is 2. The average Bonchev–Trinajstić information content (AvgIpc) is 3.71. The number of ether oxygens (including phenoxy) is 2. The highest BCUT2D eigenvalue weighted by atomic mass is 16.6. The molecule has 0 radical (unpaired) electrons. The second kappa shape index (κ2) is 12.7. The van der Waals surface area contributed by atoms with Crippen LogP contribution in [-0.2, 0) is 19.1 Å². The number of carbonyl (C=O) groups excluding carboxylic acids is 3. The second-order valence-electron chi connectivity index (χ2n) is 9.84. The Morgan fingerprint density at radius 2 is 1.62 bits per heavy atom. The minimum absolute atomic E-state index is 0.0920. The van der Waals surface area contributed by atoms with Crippen LogP contribution in [0.15, 0.2) is 66.7 Å². The molecule has 0 unspecified atom stereocenters. The van der Waals surface area contributed by atoms with E-state index >= 15 is 0 Å². The predicted molar refractivity (Wildman–Crippen MR) is 141 cm³/mol. The quantitative estimate of drug-likeness (QED) is 0.303. The van der Waals surface area contributed by atoms with Crippen LogP contribution in [0, 0.1) is 5.92 Å². The summed E-state index contributed by atoms with van der Waals surface area (Å²) in [4.78, 5) is 42.6. The molecular formula is C29H35N3O5. The van der Waals surface area contributed by atoms with Crippen molar-refractivity contribution in [3.05, 3.63) is 72.3 Å². The van der Waals surface area contributed by atoms with Crippen molar-refractivity contribution in [1.82, 2.24) is 15.1 Å².